The Morgan fingerprint density at radius 3 is 0.842 bits per heavy atom. The topological polar surface area (TPSA) is 25.3 Å². The van der Waals surface area contributed by atoms with Gasteiger partial charge in [-0.25, -0.2) is 4.70 Å². The van der Waals surface area contributed by atoms with Gasteiger partial charge >= 0.3 is 166 Å². The molecule has 0 saturated heterocycles. The van der Waals surface area contributed by atoms with Crippen LogP contribution in [0.4, 0.5) is 0 Å². The normalized spacial score (nSPS) is 12.7. The Morgan fingerprint density at radius 2 is 0.539 bits per heavy atom. The summed E-state index contributed by atoms with van der Waals surface area (Å²) in [6.07, 6.45) is 66.7. The molecule has 1 aliphatic rings. The Hall–Kier alpha value is -1.99. The molecular weight excluding hydrogens is 964 g/mol. The molecular formula is C73H128N2Ni. The maximum atomic E-state index is 12.3. The minimum atomic E-state index is 1.05. The standard InChI is InChI=1S/C47H74N2.2C13H27.Ni/c1-5-9-13-16-19-20-21-22-25-31-41-33-29-35-43(39-41)47-45(37-27-24-18-15-11-7-3)44(36-26-23-17-14-10-6-2)46(49(47)48)42-34-28-32-40(38-42)30-12-8-4;2*1-3-5-7-9-11-13-12-10-8-6-4-2;/h28-29,32-35,38-39H,5-27,30-31,36-37H2,1-4H3;2*1,3-13H2,2H3;. The monoisotopic (exact) mass is 1090 g/mol. The molecule has 1 heterocycles. The number of benzene rings is 2. The van der Waals surface area contributed by atoms with Crippen molar-refractivity contribution in [2.45, 2.75) is 367 Å². The molecule has 3 heteroatoms. The van der Waals surface area contributed by atoms with Gasteiger partial charge in [0.1, 0.15) is 0 Å². The van der Waals surface area contributed by atoms with Crippen LogP contribution in [0.25, 0.3) is 16.9 Å². The maximum absolute atomic E-state index is 12.3. The first kappa shape index (κ1) is 70.1. The molecule has 0 atom stereocenters. The second-order valence-electron chi connectivity index (χ2n) is 23.6. The summed E-state index contributed by atoms with van der Waals surface area (Å²) in [7, 11) is 0. The summed E-state index contributed by atoms with van der Waals surface area (Å²) in [6.45, 7) is 13.8. The molecule has 2 aromatic rings. The van der Waals surface area contributed by atoms with Crippen LogP contribution < -0.4 is 0 Å². The van der Waals surface area contributed by atoms with E-state index < -0.39 is 0 Å². The molecule has 0 spiro atoms. The number of unbranched alkanes of at least 4 members (excludes halogenated alkanes) is 39. The van der Waals surface area contributed by atoms with E-state index in [0.717, 1.165) is 37.1 Å². The zero-order valence-corrected chi connectivity index (χ0v) is 52.9. The molecule has 76 heavy (non-hydrogen) atoms. The van der Waals surface area contributed by atoms with Crippen LogP contribution in [0.2, 0.25) is 10.8 Å². The van der Waals surface area contributed by atoms with E-state index >= 15 is 0 Å². The second kappa shape index (κ2) is 52.4. The van der Waals surface area contributed by atoms with Crippen molar-refractivity contribution in [2.75, 3.05) is 0 Å². The van der Waals surface area contributed by atoms with E-state index in [4.69, 9.17) is 0 Å². The third-order valence-corrected chi connectivity index (χ3v) is 17.8. The molecule has 0 fully saturated rings. The molecule has 0 amide bonds. The molecule has 0 N–H and O–H groups in total. The first-order valence-corrected chi connectivity index (χ1v) is 35.5. The van der Waals surface area contributed by atoms with Gasteiger partial charge in [-0.05, 0) is 86.8 Å². The van der Waals surface area contributed by atoms with Gasteiger partial charge in [0.05, 0.1) is 0 Å². The summed E-state index contributed by atoms with van der Waals surface area (Å²) < 4.78 is 1.62. The van der Waals surface area contributed by atoms with Crippen molar-refractivity contribution in [1.29, 1.82) is 0 Å². The average Bonchev–Trinajstić information content (AvgIpc) is 3.72. The van der Waals surface area contributed by atoms with Gasteiger partial charge in [0, 0.05) is 22.3 Å². The van der Waals surface area contributed by atoms with Crippen LogP contribution in [0, 0.1) is 0 Å². The molecule has 0 aliphatic carbocycles. The van der Waals surface area contributed by atoms with Gasteiger partial charge in [-0.15, -0.1) is 0 Å². The first-order chi connectivity index (χ1) is 37.6. The van der Waals surface area contributed by atoms with Crippen LogP contribution in [0.5, 0.6) is 0 Å². The van der Waals surface area contributed by atoms with Gasteiger partial charge in [0.2, 0.25) is 11.4 Å². The van der Waals surface area contributed by atoms with Crippen LogP contribution >= 0.6 is 0 Å². The number of aryl methyl sites for hydroxylation is 2. The zero-order chi connectivity index (χ0) is 54.6. The van der Waals surface area contributed by atoms with Crippen molar-refractivity contribution in [3.05, 3.63) is 87.5 Å². The van der Waals surface area contributed by atoms with E-state index in [1.807, 2.05) is 14.4 Å². The van der Waals surface area contributed by atoms with E-state index in [-0.39, 0.29) is 0 Å². The summed E-state index contributed by atoms with van der Waals surface area (Å²) in [5, 5.41) is 2.86. The van der Waals surface area contributed by atoms with Crippen molar-refractivity contribution in [1.82, 2.24) is 0 Å². The second-order valence-corrected chi connectivity index (χ2v) is 25.1. The minimum Gasteiger partial charge on any atom is -0.493 e. The van der Waals surface area contributed by atoms with Gasteiger partial charge in [-0.1, -0.05) is 188 Å². The van der Waals surface area contributed by atoms with Gasteiger partial charge in [0.15, 0.2) is 0 Å². The molecule has 0 saturated carbocycles. The summed E-state index contributed by atoms with van der Waals surface area (Å²) in [5.41, 5.74) is 22.3. The Morgan fingerprint density at radius 1 is 0.289 bits per heavy atom. The van der Waals surface area contributed by atoms with Gasteiger partial charge in [0.25, 0.3) is 0 Å². The fourth-order valence-corrected chi connectivity index (χ4v) is 12.7. The van der Waals surface area contributed by atoms with E-state index in [1.54, 1.807) is 4.70 Å². The Bertz CT molecular complexity index is 1660. The van der Waals surface area contributed by atoms with E-state index in [2.05, 4.69) is 90.1 Å². The van der Waals surface area contributed by atoms with E-state index in [1.165, 1.54) is 333 Å². The third-order valence-electron chi connectivity index (χ3n) is 16.4. The smallest absolute Gasteiger partial charge is 0.493 e. The summed E-state index contributed by atoms with van der Waals surface area (Å²) in [5.74, 6) is 0. The fraction of sp³-hybridized carbons (Fsp3) is 0.781. The predicted octanol–water partition coefficient (Wildman–Crippen LogP) is 26.3. The van der Waals surface area contributed by atoms with E-state index in [9.17, 15) is 5.53 Å². The molecule has 0 aromatic heterocycles. The molecule has 3 rings (SSSR count). The zero-order valence-electron chi connectivity index (χ0n) is 51.9. The van der Waals surface area contributed by atoms with Crippen LogP contribution in [-0.2, 0) is 27.3 Å². The number of nitrogens with zero attached hydrogens (tertiary/aromatic N) is 2. The number of hydrogen-bond acceptors (Lipinski definition) is 0. The van der Waals surface area contributed by atoms with Gasteiger partial charge < -0.3 is 5.53 Å². The van der Waals surface area contributed by atoms with Crippen LogP contribution in [0.15, 0.2) is 59.7 Å². The van der Waals surface area contributed by atoms with Crippen LogP contribution in [0.3, 0.4) is 0 Å². The molecule has 0 unspecified atom stereocenters. The third kappa shape index (κ3) is 35.6. The predicted molar refractivity (Wildman–Crippen MR) is 338 cm³/mol. The molecule has 0 radical (unpaired) electrons. The van der Waals surface area contributed by atoms with Crippen LogP contribution in [0.1, 0.15) is 366 Å². The number of rotatable bonds is 53. The fourth-order valence-electron chi connectivity index (χ4n) is 11.4. The summed E-state index contributed by atoms with van der Waals surface area (Å²) in [6, 6.07) is 18.3. The number of allylic oxidation sites excluding steroid dienone is 2. The Balaban J connectivity index is 0.000000621. The quantitative estimate of drug-likeness (QED) is 0.0358. The van der Waals surface area contributed by atoms with Crippen molar-refractivity contribution in [3.8, 4) is 0 Å². The minimum absolute atomic E-state index is 1.05. The number of hydrogen-bond donors (Lipinski definition) is 0. The molecule has 0 bridgehead atoms. The Labute approximate surface area is 482 Å². The summed E-state index contributed by atoms with van der Waals surface area (Å²) >= 11 is 2.03. The van der Waals surface area contributed by atoms with Gasteiger partial charge in [-0.2, -0.15) is 0 Å². The van der Waals surface area contributed by atoms with Crippen molar-refractivity contribution < 1.29 is 19.1 Å². The molecule has 1 aliphatic heterocycles. The molecule has 2 aromatic carbocycles. The summed E-state index contributed by atoms with van der Waals surface area (Å²) in [4.78, 5) is 0. The SMILES string of the molecule is CCCCCCCCCCCC[CH2][Ni][CH2]CCCCCCCCCCCC.CCCCCCCCCCCc1cccc(C2=C(CCCCCCCC)C(CCCCCCCC)=C(c3cccc(CCCC)c3)[N+]2=[N-])c1. The van der Waals surface area contributed by atoms with Gasteiger partial charge in [-0.3, -0.25) is 0 Å². The van der Waals surface area contributed by atoms with Crippen LogP contribution in [-0.4, -0.2) is 4.70 Å². The molecule has 2 nitrogen and oxygen atoms in total. The van der Waals surface area contributed by atoms with Crippen molar-refractivity contribution in [2.24, 2.45) is 0 Å². The first-order valence-electron chi connectivity index (χ1n) is 34.1. The van der Waals surface area contributed by atoms with E-state index in [0.29, 0.717) is 0 Å². The Kier molecular flexibility index (Phi) is 48.3. The molecule has 440 valence electrons. The average molecular weight is 1090 g/mol. The van der Waals surface area contributed by atoms with Crippen molar-refractivity contribution >= 4 is 11.4 Å². The van der Waals surface area contributed by atoms with Crippen molar-refractivity contribution in [3.63, 3.8) is 0 Å².